The number of hydrogen-bond acceptors (Lipinski definition) is 6. The zero-order valence-corrected chi connectivity index (χ0v) is 11.4. The van der Waals surface area contributed by atoms with Gasteiger partial charge in [0.1, 0.15) is 16.4 Å². The van der Waals surface area contributed by atoms with Crippen molar-refractivity contribution >= 4 is 9.84 Å². The van der Waals surface area contributed by atoms with Gasteiger partial charge in [0.2, 0.25) is 0 Å². The number of benzene rings is 1. The van der Waals surface area contributed by atoms with E-state index in [1.54, 1.807) is 6.07 Å². The molecule has 0 bridgehead atoms. The molecule has 0 amide bonds. The Bertz CT molecular complexity index is 512. The summed E-state index contributed by atoms with van der Waals surface area (Å²) in [7, 11) is -0.514. The molecule has 1 aromatic rings. The predicted octanol–water partition coefficient (Wildman–Crippen LogP) is 0.540. The number of sulfone groups is 1. The molecule has 0 aliphatic carbocycles. The lowest BCUT2D eigenvalue weighted by atomic mass is 10.1. The largest absolute Gasteiger partial charge is 0.497 e. The van der Waals surface area contributed by atoms with E-state index in [4.69, 9.17) is 15.4 Å². The maximum Gasteiger partial charge on any atom is 0.179 e. The van der Waals surface area contributed by atoms with Crippen molar-refractivity contribution < 1.29 is 22.7 Å². The van der Waals surface area contributed by atoms with Crippen LogP contribution in [0.15, 0.2) is 17.0 Å². The maximum absolute atomic E-state index is 11.7. The SMILES string of the molecule is COc1cc(CCON)c(OC)c(S(C)(=O)=O)c1. The Morgan fingerprint density at radius 2 is 1.89 bits per heavy atom. The fourth-order valence-corrected chi connectivity index (χ4v) is 2.49. The standard InChI is InChI=1S/C11H17NO5S/c1-15-9-6-8(4-5-17-12)11(16-2)10(7-9)18(3,13)14/h6-7H,4-5,12H2,1-3H3. The smallest absolute Gasteiger partial charge is 0.179 e. The second-order valence-electron chi connectivity index (χ2n) is 3.71. The van der Waals surface area contributed by atoms with Crippen molar-refractivity contribution in [2.24, 2.45) is 5.90 Å². The van der Waals surface area contributed by atoms with E-state index in [1.165, 1.54) is 20.3 Å². The van der Waals surface area contributed by atoms with Gasteiger partial charge in [0.25, 0.3) is 0 Å². The fourth-order valence-electron chi connectivity index (χ4n) is 1.61. The average molecular weight is 275 g/mol. The van der Waals surface area contributed by atoms with Gasteiger partial charge in [-0.1, -0.05) is 0 Å². The Hall–Kier alpha value is -1.31. The van der Waals surface area contributed by atoms with Gasteiger partial charge in [0.15, 0.2) is 9.84 Å². The van der Waals surface area contributed by atoms with E-state index < -0.39 is 9.84 Å². The molecular weight excluding hydrogens is 258 g/mol. The summed E-state index contributed by atoms with van der Waals surface area (Å²) in [5.74, 6) is 5.72. The number of nitrogens with two attached hydrogens (primary N) is 1. The maximum atomic E-state index is 11.7. The minimum Gasteiger partial charge on any atom is -0.497 e. The Kier molecular flexibility index (Phi) is 4.94. The minimum atomic E-state index is -3.40. The Balaban J connectivity index is 3.40. The molecule has 1 aromatic carbocycles. The molecule has 102 valence electrons. The predicted molar refractivity (Wildman–Crippen MR) is 66.5 cm³/mol. The van der Waals surface area contributed by atoms with E-state index in [2.05, 4.69) is 4.84 Å². The van der Waals surface area contributed by atoms with E-state index in [9.17, 15) is 8.42 Å². The third-order valence-corrected chi connectivity index (χ3v) is 3.54. The molecule has 0 aromatic heterocycles. The number of methoxy groups -OCH3 is 2. The second-order valence-corrected chi connectivity index (χ2v) is 5.70. The van der Waals surface area contributed by atoms with E-state index in [0.29, 0.717) is 23.5 Å². The quantitative estimate of drug-likeness (QED) is 0.762. The molecule has 0 aliphatic rings. The van der Waals surface area contributed by atoms with Gasteiger partial charge in [-0.25, -0.2) is 14.3 Å². The number of rotatable bonds is 6. The van der Waals surface area contributed by atoms with Crippen LogP contribution in [0.5, 0.6) is 11.5 Å². The topological polar surface area (TPSA) is 87.8 Å². The molecule has 7 heteroatoms. The van der Waals surface area contributed by atoms with Crippen molar-refractivity contribution in [3.8, 4) is 11.5 Å². The minimum absolute atomic E-state index is 0.0939. The molecule has 6 nitrogen and oxygen atoms in total. The summed E-state index contributed by atoms with van der Waals surface area (Å²) < 4.78 is 33.7. The van der Waals surface area contributed by atoms with Crippen LogP contribution in [0.2, 0.25) is 0 Å². The summed E-state index contributed by atoms with van der Waals surface area (Å²) in [5, 5.41) is 0. The molecule has 0 spiro atoms. The van der Waals surface area contributed by atoms with Gasteiger partial charge in [-0.05, 0) is 6.07 Å². The van der Waals surface area contributed by atoms with Crippen LogP contribution in [0.1, 0.15) is 5.56 Å². The van der Waals surface area contributed by atoms with Crippen molar-refractivity contribution in [2.75, 3.05) is 27.1 Å². The van der Waals surface area contributed by atoms with Crippen LogP contribution in [0.3, 0.4) is 0 Å². The summed E-state index contributed by atoms with van der Waals surface area (Å²) >= 11 is 0. The highest BCUT2D eigenvalue weighted by atomic mass is 32.2. The zero-order chi connectivity index (χ0) is 13.8. The molecule has 0 radical (unpaired) electrons. The Morgan fingerprint density at radius 1 is 1.22 bits per heavy atom. The van der Waals surface area contributed by atoms with Gasteiger partial charge in [0.05, 0.1) is 20.8 Å². The molecular formula is C11H17NO5S. The van der Waals surface area contributed by atoms with Crippen LogP contribution >= 0.6 is 0 Å². The molecule has 0 heterocycles. The monoisotopic (exact) mass is 275 g/mol. The van der Waals surface area contributed by atoms with Crippen molar-refractivity contribution in [3.05, 3.63) is 17.7 Å². The Morgan fingerprint density at radius 3 is 2.33 bits per heavy atom. The van der Waals surface area contributed by atoms with Crippen LogP contribution < -0.4 is 15.4 Å². The van der Waals surface area contributed by atoms with Crippen LogP contribution in [-0.4, -0.2) is 35.5 Å². The summed E-state index contributed by atoms with van der Waals surface area (Å²) in [6, 6.07) is 3.13. The molecule has 1 rings (SSSR count). The number of hydrogen-bond donors (Lipinski definition) is 1. The molecule has 0 saturated heterocycles. The highest BCUT2D eigenvalue weighted by molar-refractivity contribution is 7.90. The molecule has 0 fully saturated rings. The average Bonchev–Trinajstić information content (AvgIpc) is 2.33. The molecule has 0 saturated carbocycles. The highest BCUT2D eigenvalue weighted by Gasteiger charge is 2.19. The van der Waals surface area contributed by atoms with Crippen molar-refractivity contribution in [1.29, 1.82) is 0 Å². The van der Waals surface area contributed by atoms with Crippen molar-refractivity contribution in [2.45, 2.75) is 11.3 Å². The van der Waals surface area contributed by atoms with Gasteiger partial charge in [-0.15, -0.1) is 0 Å². The molecule has 0 unspecified atom stereocenters. The van der Waals surface area contributed by atoms with Gasteiger partial charge in [-0.3, -0.25) is 0 Å². The Labute approximate surface area is 107 Å². The second kappa shape index (κ2) is 6.03. The van der Waals surface area contributed by atoms with Crippen molar-refractivity contribution in [1.82, 2.24) is 0 Å². The first kappa shape index (κ1) is 14.7. The molecule has 18 heavy (non-hydrogen) atoms. The van der Waals surface area contributed by atoms with E-state index in [-0.39, 0.29) is 11.5 Å². The van der Waals surface area contributed by atoms with Gasteiger partial charge >= 0.3 is 0 Å². The number of ether oxygens (including phenoxy) is 2. The lowest BCUT2D eigenvalue weighted by molar-refractivity contribution is 0.140. The highest BCUT2D eigenvalue weighted by Crippen LogP contribution is 2.33. The van der Waals surface area contributed by atoms with E-state index >= 15 is 0 Å². The van der Waals surface area contributed by atoms with Crippen LogP contribution in [0, 0.1) is 0 Å². The first-order valence-electron chi connectivity index (χ1n) is 5.20. The van der Waals surface area contributed by atoms with E-state index in [1.807, 2.05) is 0 Å². The summed E-state index contributed by atoms with van der Waals surface area (Å²) in [6.07, 6.45) is 1.55. The van der Waals surface area contributed by atoms with Crippen LogP contribution in [0.25, 0.3) is 0 Å². The van der Waals surface area contributed by atoms with Crippen LogP contribution in [-0.2, 0) is 21.1 Å². The first-order chi connectivity index (χ1) is 8.43. The summed E-state index contributed by atoms with van der Waals surface area (Å²) in [4.78, 5) is 4.59. The third kappa shape index (κ3) is 3.34. The third-order valence-electron chi connectivity index (χ3n) is 2.43. The zero-order valence-electron chi connectivity index (χ0n) is 10.6. The molecule has 0 aliphatic heterocycles. The first-order valence-corrected chi connectivity index (χ1v) is 7.09. The van der Waals surface area contributed by atoms with Gasteiger partial charge in [-0.2, -0.15) is 0 Å². The van der Waals surface area contributed by atoms with Gasteiger partial charge < -0.3 is 14.3 Å². The van der Waals surface area contributed by atoms with E-state index in [0.717, 1.165) is 6.26 Å². The summed E-state index contributed by atoms with van der Waals surface area (Å²) in [6.45, 7) is 0.257. The van der Waals surface area contributed by atoms with Crippen LogP contribution in [0.4, 0.5) is 0 Å². The normalized spacial score (nSPS) is 11.3. The lowest BCUT2D eigenvalue weighted by Crippen LogP contribution is -2.08. The van der Waals surface area contributed by atoms with Crippen molar-refractivity contribution in [3.63, 3.8) is 0 Å². The fraction of sp³-hybridized carbons (Fsp3) is 0.455. The van der Waals surface area contributed by atoms with Gasteiger partial charge in [0, 0.05) is 24.3 Å². The summed E-state index contributed by atoms with van der Waals surface area (Å²) in [5.41, 5.74) is 0.669. The molecule has 2 N–H and O–H groups in total. The lowest BCUT2D eigenvalue weighted by Gasteiger charge is -2.14. The molecule has 0 atom stereocenters.